The van der Waals surface area contributed by atoms with Crippen LogP contribution in [0.3, 0.4) is 0 Å². The lowest BCUT2D eigenvalue weighted by molar-refractivity contribution is -0.917. The summed E-state index contributed by atoms with van der Waals surface area (Å²) in [6.45, 7) is 7.54. The van der Waals surface area contributed by atoms with E-state index in [-0.39, 0.29) is 5.91 Å². The summed E-state index contributed by atoms with van der Waals surface area (Å²) in [6, 6.07) is 18.4. The fraction of sp³-hybridized carbons (Fsp3) is 0.304. The van der Waals surface area contributed by atoms with Crippen LogP contribution in [0.1, 0.15) is 18.1 Å². The van der Waals surface area contributed by atoms with Gasteiger partial charge in [0.2, 0.25) is 0 Å². The third-order valence-electron chi connectivity index (χ3n) is 5.15. The standard InChI is InChI=1S/C23H25N3O2S/c1-2-28-20-11-7-6-10-19(20)16-21-22(27)24-23(29-21)26-14-12-25(13-15-26)17-18-8-4-3-5-9-18/h3-11,16H,2,12-15,17H2,1H3/p+1/b21-16-. The van der Waals surface area contributed by atoms with Crippen LogP contribution in [0.2, 0.25) is 0 Å². The molecule has 1 saturated heterocycles. The molecule has 5 nitrogen and oxygen atoms in total. The number of nitrogens with zero attached hydrogens (tertiary/aromatic N) is 2. The number of hydrogen-bond acceptors (Lipinski definition) is 4. The number of benzene rings is 2. The number of thioether (sulfide) groups is 1. The molecule has 2 aromatic rings. The normalized spacial score (nSPS) is 18.9. The number of aliphatic imine (C=N–C) groups is 1. The van der Waals surface area contributed by atoms with E-state index in [0.29, 0.717) is 11.5 Å². The highest BCUT2D eigenvalue weighted by molar-refractivity contribution is 8.18. The van der Waals surface area contributed by atoms with Gasteiger partial charge in [0.15, 0.2) is 5.17 Å². The second kappa shape index (κ2) is 9.29. The maximum absolute atomic E-state index is 12.5. The Morgan fingerprint density at radius 2 is 1.83 bits per heavy atom. The molecule has 1 fully saturated rings. The van der Waals surface area contributed by atoms with Crippen molar-refractivity contribution in [3.05, 3.63) is 70.6 Å². The molecular weight excluding hydrogens is 382 g/mol. The van der Waals surface area contributed by atoms with Crippen molar-refractivity contribution in [2.75, 3.05) is 32.8 Å². The van der Waals surface area contributed by atoms with Gasteiger partial charge in [-0.25, -0.2) is 0 Å². The molecule has 0 unspecified atom stereocenters. The Morgan fingerprint density at radius 1 is 1.10 bits per heavy atom. The SMILES string of the molecule is CCOc1ccccc1/C=C1\SC(N2CC[NH+](Cc3ccccc3)CC2)=NC1=O. The molecule has 0 spiro atoms. The third kappa shape index (κ3) is 4.89. The van der Waals surface area contributed by atoms with Crippen LogP contribution in [-0.4, -0.2) is 48.8 Å². The van der Waals surface area contributed by atoms with Crippen LogP contribution >= 0.6 is 11.8 Å². The first kappa shape index (κ1) is 19.7. The Labute approximate surface area is 176 Å². The summed E-state index contributed by atoms with van der Waals surface area (Å²) < 4.78 is 5.67. The molecular formula is C23H26N3O2S+. The molecule has 2 aromatic carbocycles. The second-order valence-electron chi connectivity index (χ2n) is 7.18. The minimum atomic E-state index is -0.157. The molecule has 0 radical (unpaired) electrons. The van der Waals surface area contributed by atoms with Gasteiger partial charge in [-0.3, -0.25) is 4.79 Å². The minimum Gasteiger partial charge on any atom is -0.493 e. The number of hydrogen-bond donors (Lipinski definition) is 1. The van der Waals surface area contributed by atoms with E-state index >= 15 is 0 Å². The number of amidine groups is 1. The average molecular weight is 409 g/mol. The van der Waals surface area contributed by atoms with Gasteiger partial charge in [0, 0.05) is 11.1 Å². The zero-order valence-electron chi connectivity index (χ0n) is 16.6. The highest BCUT2D eigenvalue weighted by Crippen LogP contribution is 2.32. The van der Waals surface area contributed by atoms with Crippen molar-refractivity contribution in [1.82, 2.24) is 4.90 Å². The summed E-state index contributed by atoms with van der Waals surface area (Å²) in [5.41, 5.74) is 2.29. The Kier molecular flexibility index (Phi) is 6.32. The number of carbonyl (C=O) groups excluding carboxylic acids is 1. The third-order valence-corrected chi connectivity index (χ3v) is 6.20. The van der Waals surface area contributed by atoms with Crippen LogP contribution in [0.4, 0.5) is 0 Å². The van der Waals surface area contributed by atoms with Gasteiger partial charge in [-0.05, 0) is 30.8 Å². The summed E-state index contributed by atoms with van der Waals surface area (Å²) >= 11 is 1.47. The summed E-state index contributed by atoms with van der Waals surface area (Å²) in [6.07, 6.45) is 1.89. The average Bonchev–Trinajstić information content (AvgIpc) is 3.11. The van der Waals surface area contributed by atoms with Gasteiger partial charge in [-0.2, -0.15) is 4.99 Å². The molecule has 4 rings (SSSR count). The zero-order valence-corrected chi connectivity index (χ0v) is 17.5. The van der Waals surface area contributed by atoms with Gasteiger partial charge >= 0.3 is 0 Å². The first-order valence-electron chi connectivity index (χ1n) is 10.1. The Balaban J connectivity index is 1.37. The quantitative estimate of drug-likeness (QED) is 0.772. The lowest BCUT2D eigenvalue weighted by Crippen LogP contribution is -3.13. The van der Waals surface area contributed by atoms with Gasteiger partial charge in [0.05, 0.1) is 37.7 Å². The lowest BCUT2D eigenvalue weighted by atomic mass is 10.2. The van der Waals surface area contributed by atoms with Gasteiger partial charge < -0.3 is 14.5 Å². The Morgan fingerprint density at radius 3 is 2.59 bits per heavy atom. The molecule has 150 valence electrons. The first-order chi connectivity index (χ1) is 14.2. The number of piperazine rings is 1. The van der Waals surface area contributed by atoms with Crippen molar-refractivity contribution in [3.8, 4) is 5.75 Å². The molecule has 2 aliphatic heterocycles. The highest BCUT2D eigenvalue weighted by atomic mass is 32.2. The summed E-state index contributed by atoms with van der Waals surface area (Å²) in [4.78, 5) is 21.3. The van der Waals surface area contributed by atoms with E-state index < -0.39 is 0 Å². The van der Waals surface area contributed by atoms with Crippen molar-refractivity contribution in [3.63, 3.8) is 0 Å². The predicted octanol–water partition coefficient (Wildman–Crippen LogP) is 2.46. The molecule has 0 aliphatic carbocycles. The zero-order chi connectivity index (χ0) is 20.1. The van der Waals surface area contributed by atoms with Crippen LogP contribution in [0.15, 0.2) is 64.5 Å². The molecule has 6 heteroatoms. The fourth-order valence-electron chi connectivity index (χ4n) is 3.64. The smallest absolute Gasteiger partial charge is 0.286 e. The largest absolute Gasteiger partial charge is 0.493 e. The van der Waals surface area contributed by atoms with Crippen LogP contribution in [0.5, 0.6) is 5.75 Å². The van der Waals surface area contributed by atoms with Gasteiger partial charge in [0.25, 0.3) is 5.91 Å². The number of ether oxygens (including phenoxy) is 1. The number of carbonyl (C=O) groups is 1. The van der Waals surface area contributed by atoms with E-state index in [2.05, 4.69) is 40.2 Å². The first-order valence-corrected chi connectivity index (χ1v) is 10.9. The van der Waals surface area contributed by atoms with Crippen molar-refractivity contribution < 1.29 is 14.4 Å². The molecule has 2 heterocycles. The molecule has 0 atom stereocenters. The van der Waals surface area contributed by atoms with Crippen molar-refractivity contribution in [2.24, 2.45) is 4.99 Å². The topological polar surface area (TPSA) is 46.3 Å². The van der Waals surface area contributed by atoms with Gasteiger partial charge in [0.1, 0.15) is 12.3 Å². The second-order valence-corrected chi connectivity index (χ2v) is 8.19. The van der Waals surface area contributed by atoms with Gasteiger partial charge in [-0.1, -0.05) is 48.5 Å². The molecule has 0 saturated carbocycles. The van der Waals surface area contributed by atoms with E-state index in [1.54, 1.807) is 4.90 Å². The Bertz CT molecular complexity index is 919. The van der Waals surface area contributed by atoms with E-state index in [9.17, 15) is 4.79 Å². The van der Waals surface area contributed by atoms with Crippen LogP contribution in [0, 0.1) is 0 Å². The summed E-state index contributed by atoms with van der Waals surface area (Å²) in [7, 11) is 0. The molecule has 29 heavy (non-hydrogen) atoms. The van der Waals surface area contributed by atoms with Crippen molar-refractivity contribution in [1.29, 1.82) is 0 Å². The maximum atomic E-state index is 12.5. The highest BCUT2D eigenvalue weighted by Gasteiger charge is 2.29. The lowest BCUT2D eigenvalue weighted by Gasteiger charge is -2.32. The monoisotopic (exact) mass is 408 g/mol. The Hall–Kier alpha value is -2.57. The number of nitrogens with one attached hydrogen (secondary N) is 1. The van der Waals surface area contributed by atoms with Crippen LogP contribution in [0.25, 0.3) is 6.08 Å². The number of para-hydroxylation sites is 1. The molecule has 0 bridgehead atoms. The minimum absolute atomic E-state index is 0.157. The van der Waals surface area contributed by atoms with Gasteiger partial charge in [-0.15, -0.1) is 0 Å². The number of quaternary nitrogens is 1. The number of amides is 1. The predicted molar refractivity (Wildman–Crippen MR) is 118 cm³/mol. The van der Waals surface area contributed by atoms with E-state index in [0.717, 1.165) is 49.2 Å². The van der Waals surface area contributed by atoms with Crippen LogP contribution in [-0.2, 0) is 11.3 Å². The fourth-order valence-corrected chi connectivity index (χ4v) is 4.59. The number of rotatable bonds is 5. The molecule has 1 amide bonds. The molecule has 2 aliphatic rings. The van der Waals surface area contributed by atoms with E-state index in [4.69, 9.17) is 4.74 Å². The maximum Gasteiger partial charge on any atom is 0.286 e. The van der Waals surface area contributed by atoms with Crippen molar-refractivity contribution >= 4 is 28.9 Å². The van der Waals surface area contributed by atoms with Crippen LogP contribution < -0.4 is 9.64 Å². The molecule has 0 aromatic heterocycles. The van der Waals surface area contributed by atoms with E-state index in [1.165, 1.54) is 17.3 Å². The van der Waals surface area contributed by atoms with E-state index in [1.807, 2.05) is 37.3 Å². The summed E-state index contributed by atoms with van der Waals surface area (Å²) in [5.74, 6) is 0.637. The molecule has 1 N–H and O–H groups in total. The van der Waals surface area contributed by atoms with Crippen molar-refractivity contribution in [2.45, 2.75) is 13.5 Å². The summed E-state index contributed by atoms with van der Waals surface area (Å²) in [5, 5.41) is 0.828.